The molecule has 0 aromatic carbocycles. The van der Waals surface area contributed by atoms with E-state index in [1.165, 1.54) is 6.92 Å². The number of thiol groups is 1. The Balaban J connectivity index is 2.28. The van der Waals surface area contributed by atoms with Crippen molar-refractivity contribution in [2.24, 2.45) is 0 Å². The Morgan fingerprint density at radius 1 is 1.23 bits per heavy atom. The molecule has 0 saturated heterocycles. The molecule has 1 aliphatic carbocycles. The van der Waals surface area contributed by atoms with Gasteiger partial charge in [0.15, 0.2) is 0 Å². The van der Waals surface area contributed by atoms with E-state index in [4.69, 9.17) is 4.74 Å². The van der Waals surface area contributed by atoms with Crippen molar-refractivity contribution in [3.8, 4) is 0 Å². The normalized spacial score (nSPS) is 30.3. The minimum atomic E-state index is -0.145. The van der Waals surface area contributed by atoms with Gasteiger partial charge < -0.3 is 4.74 Å². The molecule has 0 aromatic rings. The summed E-state index contributed by atoms with van der Waals surface area (Å²) in [5.41, 5.74) is 0. The van der Waals surface area contributed by atoms with E-state index in [1.54, 1.807) is 0 Å². The third-order valence-electron chi connectivity index (χ3n) is 2.46. The van der Waals surface area contributed by atoms with Crippen molar-refractivity contribution in [1.82, 2.24) is 0 Å². The summed E-state index contributed by atoms with van der Waals surface area (Å²) >= 11 is 4.47. The van der Waals surface area contributed by atoms with Crippen molar-refractivity contribution < 1.29 is 9.53 Å². The van der Waals surface area contributed by atoms with E-state index in [0.29, 0.717) is 5.25 Å². The van der Waals surface area contributed by atoms with Crippen LogP contribution in [0, 0.1) is 0 Å². The first kappa shape index (κ1) is 10.9. The fraction of sp³-hybridized carbons (Fsp3) is 0.900. The maximum atomic E-state index is 10.7. The molecule has 0 heterocycles. The third-order valence-corrected chi connectivity index (χ3v) is 2.98. The van der Waals surface area contributed by atoms with E-state index < -0.39 is 0 Å². The molecule has 0 aromatic heterocycles. The van der Waals surface area contributed by atoms with Crippen LogP contribution in [0.2, 0.25) is 0 Å². The topological polar surface area (TPSA) is 26.3 Å². The zero-order valence-corrected chi connectivity index (χ0v) is 9.06. The molecule has 0 bridgehead atoms. The zero-order valence-electron chi connectivity index (χ0n) is 8.16. The van der Waals surface area contributed by atoms with Gasteiger partial charge in [0.2, 0.25) is 0 Å². The van der Waals surface area contributed by atoms with Crippen molar-refractivity contribution in [1.29, 1.82) is 0 Å². The van der Waals surface area contributed by atoms with Crippen LogP contribution in [0.15, 0.2) is 0 Å². The molecule has 1 rings (SSSR count). The highest BCUT2D eigenvalue weighted by Crippen LogP contribution is 2.22. The van der Waals surface area contributed by atoms with E-state index in [2.05, 4.69) is 12.6 Å². The number of carbonyl (C=O) groups is 1. The van der Waals surface area contributed by atoms with Gasteiger partial charge in [-0.1, -0.05) is 0 Å². The highest BCUT2D eigenvalue weighted by Gasteiger charge is 2.16. The average molecular weight is 202 g/mol. The van der Waals surface area contributed by atoms with Crippen molar-refractivity contribution in [3.05, 3.63) is 0 Å². The lowest BCUT2D eigenvalue weighted by Crippen LogP contribution is -2.19. The Morgan fingerprint density at radius 3 is 2.23 bits per heavy atom. The maximum Gasteiger partial charge on any atom is 0.302 e. The van der Waals surface area contributed by atoms with Crippen LogP contribution in [0.25, 0.3) is 0 Å². The molecule has 0 aliphatic heterocycles. The largest absolute Gasteiger partial charge is 0.463 e. The first-order chi connectivity index (χ1) is 6.18. The minimum Gasteiger partial charge on any atom is -0.463 e. The van der Waals surface area contributed by atoms with E-state index in [9.17, 15) is 4.79 Å². The van der Waals surface area contributed by atoms with Crippen molar-refractivity contribution in [3.63, 3.8) is 0 Å². The second kappa shape index (κ2) is 5.53. The molecule has 0 radical (unpaired) electrons. The van der Waals surface area contributed by atoms with Crippen molar-refractivity contribution >= 4 is 18.6 Å². The van der Waals surface area contributed by atoms with Crippen LogP contribution in [-0.2, 0) is 9.53 Å². The summed E-state index contributed by atoms with van der Waals surface area (Å²) in [6, 6.07) is 0. The quantitative estimate of drug-likeness (QED) is 0.522. The highest BCUT2D eigenvalue weighted by molar-refractivity contribution is 7.80. The summed E-state index contributed by atoms with van der Waals surface area (Å²) in [6.45, 7) is 1.49. The van der Waals surface area contributed by atoms with Gasteiger partial charge in [0.05, 0.1) is 0 Å². The van der Waals surface area contributed by atoms with Crippen molar-refractivity contribution in [2.45, 2.75) is 56.8 Å². The van der Waals surface area contributed by atoms with Gasteiger partial charge >= 0.3 is 5.97 Å². The van der Waals surface area contributed by atoms with Crippen LogP contribution in [0.1, 0.15) is 45.4 Å². The Bertz CT molecular complexity index is 160. The van der Waals surface area contributed by atoms with Crippen LogP contribution in [0.5, 0.6) is 0 Å². The fourth-order valence-corrected chi connectivity index (χ4v) is 2.17. The smallest absolute Gasteiger partial charge is 0.302 e. The lowest BCUT2D eigenvalue weighted by molar-refractivity contribution is -0.147. The summed E-state index contributed by atoms with van der Waals surface area (Å²) < 4.78 is 5.20. The molecular formula is C10H18O2S. The predicted octanol–water partition coefficient (Wildman–Crippen LogP) is 2.57. The molecule has 0 spiro atoms. The van der Waals surface area contributed by atoms with Gasteiger partial charge in [0, 0.05) is 12.2 Å². The number of ether oxygens (including phenoxy) is 1. The van der Waals surface area contributed by atoms with E-state index >= 15 is 0 Å². The molecule has 76 valence electrons. The molecule has 1 aliphatic rings. The summed E-state index contributed by atoms with van der Waals surface area (Å²) in [7, 11) is 0. The molecule has 0 N–H and O–H groups in total. The van der Waals surface area contributed by atoms with Crippen LogP contribution in [-0.4, -0.2) is 17.3 Å². The molecular weight excluding hydrogens is 184 g/mol. The zero-order chi connectivity index (χ0) is 9.68. The van der Waals surface area contributed by atoms with Crippen LogP contribution >= 0.6 is 12.6 Å². The molecule has 1 saturated carbocycles. The van der Waals surface area contributed by atoms with Crippen LogP contribution in [0.3, 0.4) is 0 Å². The van der Waals surface area contributed by atoms with Crippen LogP contribution in [0.4, 0.5) is 0 Å². The first-order valence-electron chi connectivity index (χ1n) is 5.04. The van der Waals surface area contributed by atoms with E-state index in [-0.39, 0.29) is 12.1 Å². The standard InChI is InChI=1S/C10H18O2S/c1-8(11)12-9-4-2-6-10(13)7-3-5-9/h9-10,13H,2-7H2,1H3. The first-order valence-corrected chi connectivity index (χ1v) is 5.55. The SMILES string of the molecule is CC(=O)OC1CCCC(S)CCC1. The van der Waals surface area contributed by atoms with Gasteiger partial charge in [-0.05, 0) is 38.5 Å². The van der Waals surface area contributed by atoms with E-state index in [1.807, 2.05) is 0 Å². The molecule has 13 heavy (non-hydrogen) atoms. The van der Waals surface area contributed by atoms with Gasteiger partial charge in [-0.15, -0.1) is 0 Å². The lowest BCUT2D eigenvalue weighted by atomic mass is 9.98. The molecule has 0 unspecified atom stereocenters. The van der Waals surface area contributed by atoms with Gasteiger partial charge in [0.25, 0.3) is 0 Å². The van der Waals surface area contributed by atoms with Crippen molar-refractivity contribution in [2.75, 3.05) is 0 Å². The summed E-state index contributed by atoms with van der Waals surface area (Å²) in [4.78, 5) is 10.7. The number of rotatable bonds is 1. The molecule has 2 nitrogen and oxygen atoms in total. The number of esters is 1. The predicted molar refractivity (Wildman–Crippen MR) is 56.0 cm³/mol. The highest BCUT2D eigenvalue weighted by atomic mass is 32.1. The number of carbonyl (C=O) groups excluding carboxylic acids is 1. The lowest BCUT2D eigenvalue weighted by Gasteiger charge is -2.21. The van der Waals surface area contributed by atoms with Crippen LogP contribution < -0.4 is 0 Å². The fourth-order valence-electron chi connectivity index (χ4n) is 1.80. The van der Waals surface area contributed by atoms with Gasteiger partial charge in [-0.2, -0.15) is 12.6 Å². The minimum absolute atomic E-state index is 0.145. The molecule has 3 heteroatoms. The average Bonchev–Trinajstić information content (AvgIpc) is 1.99. The Morgan fingerprint density at radius 2 is 1.77 bits per heavy atom. The number of hydrogen-bond donors (Lipinski definition) is 1. The number of hydrogen-bond acceptors (Lipinski definition) is 3. The van der Waals surface area contributed by atoms with Gasteiger partial charge in [0.1, 0.15) is 6.10 Å². The summed E-state index contributed by atoms with van der Waals surface area (Å²) in [6.07, 6.45) is 6.76. The molecule has 0 atom stereocenters. The summed E-state index contributed by atoms with van der Waals surface area (Å²) in [5.74, 6) is -0.145. The van der Waals surface area contributed by atoms with Gasteiger partial charge in [-0.3, -0.25) is 4.79 Å². The molecule has 1 fully saturated rings. The van der Waals surface area contributed by atoms with E-state index in [0.717, 1.165) is 38.5 Å². The summed E-state index contributed by atoms with van der Waals surface area (Å²) in [5, 5.41) is 0.554. The third kappa shape index (κ3) is 4.55. The second-order valence-electron chi connectivity index (χ2n) is 3.75. The van der Waals surface area contributed by atoms with Gasteiger partial charge in [-0.25, -0.2) is 0 Å². The Hall–Kier alpha value is -0.180. The monoisotopic (exact) mass is 202 g/mol. The Labute approximate surface area is 85.4 Å². The molecule has 0 amide bonds. The second-order valence-corrected chi connectivity index (χ2v) is 4.48. The maximum absolute atomic E-state index is 10.7. The Kier molecular flexibility index (Phi) is 4.64.